The van der Waals surface area contributed by atoms with Crippen molar-refractivity contribution in [1.82, 2.24) is 19.9 Å². The average molecular weight is 439 g/mol. The van der Waals surface area contributed by atoms with Gasteiger partial charge in [0.25, 0.3) is 17.7 Å². The SMILES string of the molecule is O=C(Nc1ccncc1)c1cc(C(=O)Nc2ccncc2)nc(C(=O)Nc2ccncc2)c1. The zero-order valence-electron chi connectivity index (χ0n) is 17.1. The van der Waals surface area contributed by atoms with E-state index in [9.17, 15) is 14.4 Å². The first-order chi connectivity index (χ1) is 16.1. The van der Waals surface area contributed by atoms with E-state index >= 15 is 0 Å². The summed E-state index contributed by atoms with van der Waals surface area (Å²) in [5.41, 5.74) is 1.37. The first-order valence-electron chi connectivity index (χ1n) is 9.75. The molecular weight excluding hydrogens is 422 g/mol. The number of anilines is 3. The lowest BCUT2D eigenvalue weighted by Gasteiger charge is -2.11. The van der Waals surface area contributed by atoms with Crippen LogP contribution < -0.4 is 16.0 Å². The van der Waals surface area contributed by atoms with Gasteiger partial charge in [0.05, 0.1) is 0 Å². The largest absolute Gasteiger partial charge is 0.322 e. The van der Waals surface area contributed by atoms with Crippen molar-refractivity contribution in [3.63, 3.8) is 0 Å². The molecule has 4 rings (SSSR count). The van der Waals surface area contributed by atoms with E-state index < -0.39 is 17.7 Å². The number of nitrogens with one attached hydrogen (secondary N) is 3. The van der Waals surface area contributed by atoms with E-state index in [1.54, 1.807) is 36.4 Å². The summed E-state index contributed by atoms with van der Waals surface area (Å²) in [6.07, 6.45) is 9.15. The van der Waals surface area contributed by atoms with Gasteiger partial charge in [-0.15, -0.1) is 0 Å². The Morgan fingerprint density at radius 2 is 0.848 bits per heavy atom. The summed E-state index contributed by atoms with van der Waals surface area (Å²) in [4.78, 5) is 54.3. The van der Waals surface area contributed by atoms with Crippen molar-refractivity contribution in [3.05, 3.63) is 103 Å². The topological polar surface area (TPSA) is 139 Å². The summed E-state index contributed by atoms with van der Waals surface area (Å²) >= 11 is 0. The van der Waals surface area contributed by atoms with Gasteiger partial charge in [0.15, 0.2) is 0 Å². The lowest BCUT2D eigenvalue weighted by atomic mass is 10.1. The van der Waals surface area contributed by atoms with Crippen LogP contribution in [0.4, 0.5) is 17.1 Å². The first-order valence-corrected chi connectivity index (χ1v) is 9.75. The molecule has 10 heteroatoms. The van der Waals surface area contributed by atoms with Gasteiger partial charge in [-0.1, -0.05) is 0 Å². The Morgan fingerprint density at radius 3 is 1.21 bits per heavy atom. The van der Waals surface area contributed by atoms with Crippen molar-refractivity contribution in [2.24, 2.45) is 0 Å². The summed E-state index contributed by atoms with van der Waals surface area (Å²) in [5, 5.41) is 8.04. The van der Waals surface area contributed by atoms with E-state index in [0.717, 1.165) is 0 Å². The molecule has 162 valence electrons. The highest BCUT2D eigenvalue weighted by molar-refractivity contribution is 6.11. The van der Waals surface area contributed by atoms with Gasteiger partial charge in [-0.05, 0) is 48.5 Å². The van der Waals surface area contributed by atoms with Crippen LogP contribution in [0.3, 0.4) is 0 Å². The fraction of sp³-hybridized carbons (Fsp3) is 0. The van der Waals surface area contributed by atoms with Crippen molar-refractivity contribution in [2.75, 3.05) is 16.0 Å². The maximum atomic E-state index is 12.8. The molecule has 0 aromatic carbocycles. The van der Waals surface area contributed by atoms with Crippen LogP contribution in [0, 0.1) is 0 Å². The van der Waals surface area contributed by atoms with E-state index in [1.165, 1.54) is 49.3 Å². The third-order valence-corrected chi connectivity index (χ3v) is 4.37. The predicted molar refractivity (Wildman–Crippen MR) is 121 cm³/mol. The molecular formula is C23H17N7O3. The fourth-order valence-corrected chi connectivity index (χ4v) is 2.79. The Labute approximate surface area is 188 Å². The molecule has 0 fully saturated rings. The second-order valence-corrected chi connectivity index (χ2v) is 6.70. The van der Waals surface area contributed by atoms with Gasteiger partial charge in [0, 0.05) is 59.8 Å². The van der Waals surface area contributed by atoms with Crippen LogP contribution in [-0.4, -0.2) is 37.7 Å². The molecule has 10 nitrogen and oxygen atoms in total. The van der Waals surface area contributed by atoms with Crippen molar-refractivity contribution in [3.8, 4) is 0 Å². The summed E-state index contributed by atoms with van der Waals surface area (Å²) in [6, 6.07) is 12.3. The second kappa shape index (κ2) is 9.88. The Hall–Kier alpha value is -4.99. The molecule has 0 aliphatic rings. The van der Waals surface area contributed by atoms with E-state index in [1.807, 2.05) is 0 Å². The van der Waals surface area contributed by atoms with Crippen molar-refractivity contribution >= 4 is 34.8 Å². The Balaban J connectivity index is 1.65. The highest BCUT2D eigenvalue weighted by Crippen LogP contribution is 2.14. The summed E-state index contributed by atoms with van der Waals surface area (Å²) in [7, 11) is 0. The van der Waals surface area contributed by atoms with Crippen LogP contribution in [0.2, 0.25) is 0 Å². The minimum absolute atomic E-state index is 0.0848. The number of rotatable bonds is 6. The summed E-state index contributed by atoms with van der Waals surface area (Å²) in [5.74, 6) is -1.69. The quantitative estimate of drug-likeness (QED) is 0.420. The zero-order chi connectivity index (χ0) is 23.0. The number of carbonyl (C=O) groups is 3. The van der Waals surface area contributed by atoms with Gasteiger partial charge < -0.3 is 16.0 Å². The molecule has 0 unspecified atom stereocenters. The molecule has 0 bridgehead atoms. The molecule has 0 radical (unpaired) electrons. The maximum absolute atomic E-state index is 12.8. The smallest absolute Gasteiger partial charge is 0.274 e. The Kier molecular flexibility index (Phi) is 6.36. The molecule has 33 heavy (non-hydrogen) atoms. The van der Waals surface area contributed by atoms with E-state index in [0.29, 0.717) is 17.1 Å². The van der Waals surface area contributed by atoms with Crippen molar-refractivity contribution in [1.29, 1.82) is 0 Å². The number of amides is 3. The number of nitrogens with zero attached hydrogens (tertiary/aromatic N) is 4. The first kappa shape index (κ1) is 21.2. The summed E-state index contributed by atoms with van der Waals surface area (Å²) < 4.78 is 0. The summed E-state index contributed by atoms with van der Waals surface area (Å²) in [6.45, 7) is 0. The molecule has 0 atom stereocenters. The van der Waals surface area contributed by atoms with Crippen LogP contribution in [0.25, 0.3) is 0 Å². The lowest BCUT2D eigenvalue weighted by Crippen LogP contribution is -2.21. The molecule has 0 aliphatic carbocycles. The van der Waals surface area contributed by atoms with Crippen LogP contribution >= 0.6 is 0 Å². The third kappa shape index (κ3) is 5.58. The predicted octanol–water partition coefficient (Wildman–Crippen LogP) is 3.02. The Bertz CT molecular complexity index is 1110. The molecule has 4 aromatic heterocycles. The van der Waals surface area contributed by atoms with Crippen molar-refractivity contribution in [2.45, 2.75) is 0 Å². The van der Waals surface area contributed by atoms with Crippen molar-refractivity contribution < 1.29 is 14.4 Å². The lowest BCUT2D eigenvalue weighted by molar-refractivity contribution is 0.101. The molecule has 3 N–H and O–H groups in total. The molecule has 4 aromatic rings. The van der Waals surface area contributed by atoms with Gasteiger partial charge in [0.2, 0.25) is 0 Å². The maximum Gasteiger partial charge on any atom is 0.274 e. The monoisotopic (exact) mass is 439 g/mol. The number of carbonyl (C=O) groups excluding carboxylic acids is 3. The number of aromatic nitrogens is 4. The standard InChI is InChI=1S/C23H17N7O3/c31-21(27-16-1-7-24-8-2-16)15-13-19(22(32)28-17-3-9-25-10-4-17)30-20(14-15)23(33)29-18-5-11-26-12-6-18/h1-14H,(H,24,27,31)(H,25,28,32)(H,26,29,33). The molecule has 0 aliphatic heterocycles. The minimum atomic E-state index is -0.585. The van der Waals surface area contributed by atoms with Gasteiger partial charge >= 0.3 is 0 Å². The number of hydrogen-bond donors (Lipinski definition) is 3. The normalized spacial score (nSPS) is 10.2. The second-order valence-electron chi connectivity index (χ2n) is 6.70. The molecule has 0 saturated carbocycles. The number of pyridine rings is 4. The molecule has 3 amide bonds. The molecule has 0 spiro atoms. The van der Waals surface area contributed by atoms with Gasteiger partial charge in [-0.3, -0.25) is 29.3 Å². The van der Waals surface area contributed by atoms with Crippen LogP contribution in [0.1, 0.15) is 31.3 Å². The van der Waals surface area contributed by atoms with Gasteiger partial charge in [0.1, 0.15) is 11.4 Å². The van der Waals surface area contributed by atoms with Crippen LogP contribution in [0.5, 0.6) is 0 Å². The average Bonchev–Trinajstić information content (AvgIpc) is 2.85. The minimum Gasteiger partial charge on any atom is -0.322 e. The zero-order valence-corrected chi connectivity index (χ0v) is 17.1. The third-order valence-electron chi connectivity index (χ3n) is 4.37. The van der Waals surface area contributed by atoms with E-state index in [-0.39, 0.29) is 17.0 Å². The fourth-order valence-electron chi connectivity index (χ4n) is 2.79. The van der Waals surface area contributed by atoms with Gasteiger partial charge in [-0.25, -0.2) is 4.98 Å². The van der Waals surface area contributed by atoms with Gasteiger partial charge in [-0.2, -0.15) is 0 Å². The Morgan fingerprint density at radius 1 is 0.515 bits per heavy atom. The highest BCUT2D eigenvalue weighted by atomic mass is 16.2. The number of hydrogen-bond acceptors (Lipinski definition) is 7. The van der Waals surface area contributed by atoms with E-state index in [4.69, 9.17) is 0 Å². The van der Waals surface area contributed by atoms with Crippen LogP contribution in [-0.2, 0) is 0 Å². The highest BCUT2D eigenvalue weighted by Gasteiger charge is 2.19. The van der Waals surface area contributed by atoms with Crippen LogP contribution in [0.15, 0.2) is 85.7 Å². The molecule has 4 heterocycles. The molecule has 0 saturated heterocycles. The van der Waals surface area contributed by atoms with E-state index in [2.05, 4.69) is 35.9 Å².